The van der Waals surface area contributed by atoms with Crippen molar-refractivity contribution in [2.45, 2.75) is 26.2 Å². The van der Waals surface area contributed by atoms with Crippen LogP contribution in [0.5, 0.6) is 0 Å². The molecule has 0 unspecified atom stereocenters. The predicted octanol–water partition coefficient (Wildman–Crippen LogP) is 0.883. The van der Waals surface area contributed by atoms with Gasteiger partial charge in [0.15, 0.2) is 0 Å². The van der Waals surface area contributed by atoms with Crippen LogP contribution in [0.2, 0.25) is 0 Å². The van der Waals surface area contributed by atoms with Crippen molar-refractivity contribution in [2.75, 3.05) is 13.2 Å². The van der Waals surface area contributed by atoms with E-state index in [1.807, 2.05) is 12.3 Å². The minimum Gasteiger partial charge on any atom is -0.396 e. The van der Waals surface area contributed by atoms with E-state index in [2.05, 4.69) is 10.3 Å². The first-order valence-corrected chi connectivity index (χ1v) is 5.89. The lowest BCUT2D eigenvalue weighted by Crippen LogP contribution is -2.26. The molecule has 0 saturated heterocycles. The summed E-state index contributed by atoms with van der Waals surface area (Å²) in [5.41, 5.74) is 0.831. The number of aliphatic hydroxyl groups is 1. The van der Waals surface area contributed by atoms with Crippen LogP contribution in [0.3, 0.4) is 0 Å². The van der Waals surface area contributed by atoms with E-state index in [1.54, 1.807) is 11.3 Å². The number of nitrogens with zero attached hydrogens (tertiary/aromatic N) is 1. The standard InChI is InChI=1S/C10H16N2O2S/c1-8-12-9(7-15-8)6-10(14)11-4-2-3-5-13/h7,13H,2-6H2,1H3,(H,11,14). The second-order valence-corrected chi connectivity index (χ2v) is 4.38. The predicted molar refractivity (Wildman–Crippen MR) is 59.9 cm³/mol. The van der Waals surface area contributed by atoms with E-state index in [4.69, 9.17) is 5.11 Å². The van der Waals surface area contributed by atoms with Crippen LogP contribution in [0.25, 0.3) is 0 Å². The van der Waals surface area contributed by atoms with Crippen LogP contribution in [0.4, 0.5) is 0 Å². The highest BCUT2D eigenvalue weighted by molar-refractivity contribution is 7.09. The first-order valence-electron chi connectivity index (χ1n) is 5.01. The molecule has 0 aliphatic heterocycles. The molecule has 0 aliphatic carbocycles. The monoisotopic (exact) mass is 228 g/mol. The molecular weight excluding hydrogens is 212 g/mol. The van der Waals surface area contributed by atoms with Crippen molar-refractivity contribution < 1.29 is 9.90 Å². The molecule has 0 spiro atoms. The van der Waals surface area contributed by atoms with Crippen LogP contribution in [0, 0.1) is 6.92 Å². The van der Waals surface area contributed by atoms with Crippen molar-refractivity contribution in [3.63, 3.8) is 0 Å². The molecule has 0 saturated carbocycles. The molecule has 0 bridgehead atoms. The summed E-state index contributed by atoms with van der Waals surface area (Å²) in [6, 6.07) is 0. The molecule has 0 fully saturated rings. The molecular formula is C10H16N2O2S. The Hall–Kier alpha value is -0.940. The highest BCUT2D eigenvalue weighted by Gasteiger charge is 2.05. The van der Waals surface area contributed by atoms with E-state index in [9.17, 15) is 4.79 Å². The first-order chi connectivity index (χ1) is 7.22. The third-order valence-electron chi connectivity index (χ3n) is 1.92. The Balaban J connectivity index is 2.18. The number of nitrogens with one attached hydrogen (secondary N) is 1. The van der Waals surface area contributed by atoms with E-state index < -0.39 is 0 Å². The quantitative estimate of drug-likeness (QED) is 0.711. The highest BCUT2D eigenvalue weighted by atomic mass is 32.1. The van der Waals surface area contributed by atoms with Gasteiger partial charge in [0.1, 0.15) is 0 Å². The minimum atomic E-state index is -0.00163. The van der Waals surface area contributed by atoms with E-state index in [0.29, 0.717) is 13.0 Å². The molecule has 84 valence electrons. The van der Waals surface area contributed by atoms with Crippen molar-refractivity contribution in [3.05, 3.63) is 16.1 Å². The van der Waals surface area contributed by atoms with Gasteiger partial charge >= 0.3 is 0 Å². The van der Waals surface area contributed by atoms with Gasteiger partial charge in [0.25, 0.3) is 0 Å². The Kier molecular flexibility index (Phi) is 5.28. The molecule has 1 rings (SSSR count). The fraction of sp³-hybridized carbons (Fsp3) is 0.600. The zero-order valence-electron chi connectivity index (χ0n) is 8.82. The SMILES string of the molecule is Cc1nc(CC(=O)NCCCCO)cs1. The summed E-state index contributed by atoms with van der Waals surface area (Å²) in [5, 5.41) is 14.2. The maximum Gasteiger partial charge on any atom is 0.226 e. The number of thiazole rings is 1. The summed E-state index contributed by atoms with van der Waals surface area (Å²) in [6.45, 7) is 2.73. The number of unbranched alkanes of at least 4 members (excludes halogenated alkanes) is 1. The van der Waals surface area contributed by atoms with Gasteiger partial charge in [-0.1, -0.05) is 0 Å². The topological polar surface area (TPSA) is 62.2 Å². The summed E-state index contributed by atoms with van der Waals surface area (Å²) in [6.07, 6.45) is 1.90. The average molecular weight is 228 g/mol. The summed E-state index contributed by atoms with van der Waals surface area (Å²) in [7, 11) is 0. The number of hydrogen-bond donors (Lipinski definition) is 2. The number of amides is 1. The summed E-state index contributed by atoms with van der Waals surface area (Å²) in [5.74, 6) is -0.00163. The van der Waals surface area contributed by atoms with Gasteiger partial charge in [0, 0.05) is 18.5 Å². The molecule has 0 aliphatic rings. The number of aliphatic hydroxyl groups excluding tert-OH is 1. The number of aryl methyl sites for hydroxylation is 1. The van der Waals surface area contributed by atoms with Crippen molar-refractivity contribution >= 4 is 17.2 Å². The summed E-state index contributed by atoms with van der Waals surface area (Å²) >= 11 is 1.55. The van der Waals surface area contributed by atoms with Gasteiger partial charge in [-0.3, -0.25) is 4.79 Å². The molecule has 4 nitrogen and oxygen atoms in total. The average Bonchev–Trinajstić information content (AvgIpc) is 2.59. The van der Waals surface area contributed by atoms with Gasteiger partial charge in [-0.05, 0) is 19.8 Å². The molecule has 1 aromatic rings. The molecule has 0 radical (unpaired) electrons. The van der Waals surface area contributed by atoms with E-state index in [-0.39, 0.29) is 12.5 Å². The normalized spacial score (nSPS) is 10.3. The fourth-order valence-corrected chi connectivity index (χ4v) is 1.79. The Labute approximate surface area is 93.4 Å². The Morgan fingerprint density at radius 2 is 2.40 bits per heavy atom. The molecule has 0 atom stereocenters. The molecule has 0 aromatic carbocycles. The fourth-order valence-electron chi connectivity index (χ4n) is 1.18. The second kappa shape index (κ2) is 6.53. The van der Waals surface area contributed by atoms with Gasteiger partial charge < -0.3 is 10.4 Å². The number of rotatable bonds is 6. The van der Waals surface area contributed by atoms with E-state index >= 15 is 0 Å². The summed E-state index contributed by atoms with van der Waals surface area (Å²) in [4.78, 5) is 15.6. The van der Waals surface area contributed by atoms with Crippen LogP contribution in [-0.4, -0.2) is 29.1 Å². The molecule has 1 amide bonds. The summed E-state index contributed by atoms with van der Waals surface area (Å²) < 4.78 is 0. The maximum absolute atomic E-state index is 11.4. The maximum atomic E-state index is 11.4. The van der Waals surface area contributed by atoms with Gasteiger partial charge in [0.05, 0.1) is 17.1 Å². The largest absolute Gasteiger partial charge is 0.396 e. The Morgan fingerprint density at radius 1 is 1.60 bits per heavy atom. The second-order valence-electron chi connectivity index (χ2n) is 3.32. The number of carbonyl (C=O) groups excluding carboxylic acids is 1. The molecule has 5 heteroatoms. The van der Waals surface area contributed by atoms with E-state index in [0.717, 1.165) is 23.5 Å². The van der Waals surface area contributed by atoms with Crippen LogP contribution in [-0.2, 0) is 11.2 Å². The lowest BCUT2D eigenvalue weighted by molar-refractivity contribution is -0.120. The van der Waals surface area contributed by atoms with Crippen molar-refractivity contribution in [1.82, 2.24) is 10.3 Å². The molecule has 15 heavy (non-hydrogen) atoms. The lowest BCUT2D eigenvalue weighted by atomic mass is 10.3. The number of carbonyl (C=O) groups is 1. The van der Waals surface area contributed by atoms with Gasteiger partial charge in [-0.15, -0.1) is 11.3 Å². The van der Waals surface area contributed by atoms with Gasteiger partial charge in [-0.2, -0.15) is 0 Å². The van der Waals surface area contributed by atoms with Crippen LogP contribution < -0.4 is 5.32 Å². The van der Waals surface area contributed by atoms with Gasteiger partial charge in [0.2, 0.25) is 5.91 Å². The lowest BCUT2D eigenvalue weighted by Gasteiger charge is -2.02. The smallest absolute Gasteiger partial charge is 0.226 e. The Bertz CT molecular complexity index is 312. The zero-order chi connectivity index (χ0) is 11.1. The van der Waals surface area contributed by atoms with E-state index in [1.165, 1.54) is 0 Å². The van der Waals surface area contributed by atoms with Crippen LogP contribution in [0.1, 0.15) is 23.5 Å². The first kappa shape index (κ1) is 12.1. The number of aromatic nitrogens is 1. The van der Waals surface area contributed by atoms with Crippen LogP contribution >= 0.6 is 11.3 Å². The van der Waals surface area contributed by atoms with Crippen molar-refractivity contribution in [2.24, 2.45) is 0 Å². The molecule has 1 aromatic heterocycles. The Morgan fingerprint density at radius 3 is 3.00 bits per heavy atom. The van der Waals surface area contributed by atoms with Crippen molar-refractivity contribution in [1.29, 1.82) is 0 Å². The minimum absolute atomic E-state index is 0.00163. The molecule has 2 N–H and O–H groups in total. The van der Waals surface area contributed by atoms with Gasteiger partial charge in [-0.25, -0.2) is 4.98 Å². The zero-order valence-corrected chi connectivity index (χ0v) is 9.64. The highest BCUT2D eigenvalue weighted by Crippen LogP contribution is 2.08. The third kappa shape index (κ3) is 4.90. The molecule has 1 heterocycles. The van der Waals surface area contributed by atoms with Crippen LogP contribution in [0.15, 0.2) is 5.38 Å². The van der Waals surface area contributed by atoms with Crippen molar-refractivity contribution in [3.8, 4) is 0 Å². The third-order valence-corrected chi connectivity index (χ3v) is 2.74. The number of hydrogen-bond acceptors (Lipinski definition) is 4.